The van der Waals surface area contributed by atoms with E-state index in [2.05, 4.69) is 16.3 Å². The Labute approximate surface area is 134 Å². The zero-order valence-corrected chi connectivity index (χ0v) is 13.3. The Bertz CT molecular complexity index is 514. The molecule has 3 amide bonds. The number of thiophene rings is 1. The molecule has 0 aromatic carbocycles. The Morgan fingerprint density at radius 2 is 2.45 bits per heavy atom. The van der Waals surface area contributed by atoms with Gasteiger partial charge >= 0.3 is 6.03 Å². The third kappa shape index (κ3) is 3.85. The van der Waals surface area contributed by atoms with Crippen molar-refractivity contribution in [2.24, 2.45) is 0 Å². The van der Waals surface area contributed by atoms with Crippen molar-refractivity contribution in [1.82, 2.24) is 15.1 Å². The molecule has 0 radical (unpaired) electrons. The van der Waals surface area contributed by atoms with Crippen LogP contribution in [-0.2, 0) is 16.1 Å². The summed E-state index contributed by atoms with van der Waals surface area (Å²) in [6.45, 7) is 3.52. The van der Waals surface area contributed by atoms with Gasteiger partial charge in [0.15, 0.2) is 0 Å². The fourth-order valence-corrected chi connectivity index (χ4v) is 3.62. The molecule has 0 unspecified atom stereocenters. The fraction of sp³-hybridized carbons (Fsp3) is 0.600. The van der Waals surface area contributed by atoms with Crippen LogP contribution in [0.5, 0.6) is 0 Å². The third-order valence-electron chi connectivity index (χ3n) is 3.96. The normalized spacial score (nSPS) is 21.6. The molecular weight excluding hydrogens is 302 g/mol. The number of ether oxygens (including phenoxy) is 1. The zero-order valence-electron chi connectivity index (χ0n) is 12.5. The summed E-state index contributed by atoms with van der Waals surface area (Å²) in [6, 6.07) is 3.80. The number of carbonyl (C=O) groups is 2. The van der Waals surface area contributed by atoms with Gasteiger partial charge in [0.2, 0.25) is 5.91 Å². The molecule has 120 valence electrons. The number of urea groups is 1. The van der Waals surface area contributed by atoms with E-state index < -0.39 is 0 Å². The van der Waals surface area contributed by atoms with Crippen LogP contribution in [0.2, 0.25) is 0 Å². The molecule has 0 saturated carbocycles. The van der Waals surface area contributed by atoms with Gasteiger partial charge in [-0.05, 0) is 24.3 Å². The first kappa shape index (κ1) is 15.5. The van der Waals surface area contributed by atoms with Crippen molar-refractivity contribution in [2.45, 2.75) is 25.5 Å². The van der Waals surface area contributed by atoms with E-state index in [1.165, 1.54) is 9.78 Å². The average molecular weight is 323 g/mol. The molecule has 3 rings (SSSR count). The van der Waals surface area contributed by atoms with Crippen LogP contribution >= 0.6 is 11.3 Å². The maximum absolute atomic E-state index is 12.4. The topological polar surface area (TPSA) is 61.9 Å². The van der Waals surface area contributed by atoms with Crippen molar-refractivity contribution in [2.75, 3.05) is 32.8 Å². The van der Waals surface area contributed by atoms with Gasteiger partial charge in [-0.25, -0.2) is 4.79 Å². The molecule has 1 aromatic rings. The second-order valence-corrected chi connectivity index (χ2v) is 6.69. The van der Waals surface area contributed by atoms with E-state index in [0.29, 0.717) is 13.1 Å². The highest BCUT2D eigenvalue weighted by Gasteiger charge is 2.28. The Morgan fingerprint density at radius 1 is 1.55 bits per heavy atom. The number of nitrogens with zero attached hydrogens (tertiary/aromatic N) is 2. The standard InChI is InChI=1S/C15H21N3O3S/c19-14(18-6-5-16-15(18)20)11-17(9-12-3-1-7-21-12)10-13-4-2-8-22-13/h2,4,8,12H,1,3,5-7,9-11H2,(H,16,20)/t12-/m1/s1. The van der Waals surface area contributed by atoms with Gasteiger partial charge in [0, 0.05) is 37.7 Å². The summed E-state index contributed by atoms with van der Waals surface area (Å²) in [5.41, 5.74) is 0. The van der Waals surface area contributed by atoms with E-state index in [1.807, 2.05) is 11.4 Å². The Hall–Kier alpha value is -1.44. The molecule has 1 atom stereocenters. The van der Waals surface area contributed by atoms with Crippen LogP contribution in [-0.4, -0.2) is 60.6 Å². The molecule has 2 aliphatic rings. The molecule has 7 heteroatoms. The Balaban J connectivity index is 1.61. The summed E-state index contributed by atoms with van der Waals surface area (Å²) in [5, 5.41) is 4.70. The van der Waals surface area contributed by atoms with E-state index >= 15 is 0 Å². The molecule has 0 spiro atoms. The molecule has 22 heavy (non-hydrogen) atoms. The first-order valence-corrected chi connectivity index (χ1v) is 8.55. The maximum atomic E-state index is 12.4. The minimum absolute atomic E-state index is 0.135. The molecule has 2 saturated heterocycles. The van der Waals surface area contributed by atoms with Crippen molar-refractivity contribution in [1.29, 1.82) is 0 Å². The molecule has 3 heterocycles. The second kappa shape index (κ2) is 7.21. The lowest BCUT2D eigenvalue weighted by molar-refractivity contribution is -0.129. The SMILES string of the molecule is O=C(CN(Cc1cccs1)C[C@H]1CCCO1)N1CCNC1=O. The van der Waals surface area contributed by atoms with Crippen molar-refractivity contribution in [3.8, 4) is 0 Å². The number of carbonyl (C=O) groups excluding carboxylic acids is 2. The Kier molecular flexibility index (Phi) is 5.07. The monoisotopic (exact) mass is 323 g/mol. The molecule has 6 nitrogen and oxygen atoms in total. The summed E-state index contributed by atoms with van der Waals surface area (Å²) in [6.07, 6.45) is 2.32. The van der Waals surface area contributed by atoms with Gasteiger partial charge in [0.05, 0.1) is 12.6 Å². The van der Waals surface area contributed by atoms with Gasteiger partial charge in [-0.1, -0.05) is 6.07 Å². The molecule has 0 aliphatic carbocycles. The first-order chi connectivity index (χ1) is 10.7. The minimum atomic E-state index is -0.279. The van der Waals surface area contributed by atoms with Crippen LogP contribution in [0.25, 0.3) is 0 Å². The predicted octanol–water partition coefficient (Wildman–Crippen LogP) is 1.28. The van der Waals surface area contributed by atoms with Crippen molar-refractivity contribution >= 4 is 23.3 Å². The smallest absolute Gasteiger partial charge is 0.324 e. The average Bonchev–Trinajstić information content (AvgIpc) is 3.21. The number of imide groups is 1. The van der Waals surface area contributed by atoms with Gasteiger partial charge in [-0.2, -0.15) is 0 Å². The van der Waals surface area contributed by atoms with Gasteiger partial charge in [-0.3, -0.25) is 14.6 Å². The minimum Gasteiger partial charge on any atom is -0.377 e. The number of amides is 3. The lowest BCUT2D eigenvalue weighted by Crippen LogP contribution is -2.43. The number of hydrogen-bond donors (Lipinski definition) is 1. The van der Waals surface area contributed by atoms with E-state index in [9.17, 15) is 9.59 Å². The van der Waals surface area contributed by atoms with Crippen molar-refractivity contribution in [3.63, 3.8) is 0 Å². The molecule has 1 N–H and O–H groups in total. The largest absolute Gasteiger partial charge is 0.377 e. The van der Waals surface area contributed by atoms with Crippen LogP contribution in [0, 0.1) is 0 Å². The second-order valence-electron chi connectivity index (χ2n) is 5.66. The van der Waals surface area contributed by atoms with Crippen molar-refractivity contribution in [3.05, 3.63) is 22.4 Å². The molecule has 0 bridgehead atoms. The summed E-state index contributed by atoms with van der Waals surface area (Å²) < 4.78 is 5.69. The Morgan fingerprint density at radius 3 is 3.09 bits per heavy atom. The fourth-order valence-electron chi connectivity index (χ4n) is 2.87. The number of nitrogens with one attached hydrogen (secondary N) is 1. The highest BCUT2D eigenvalue weighted by molar-refractivity contribution is 7.09. The molecule has 2 fully saturated rings. The highest BCUT2D eigenvalue weighted by Crippen LogP contribution is 2.17. The van der Waals surface area contributed by atoms with E-state index in [1.54, 1.807) is 11.3 Å². The highest BCUT2D eigenvalue weighted by atomic mass is 32.1. The molecule has 1 aromatic heterocycles. The lowest BCUT2D eigenvalue weighted by Gasteiger charge is -2.25. The zero-order chi connectivity index (χ0) is 15.4. The van der Waals surface area contributed by atoms with Gasteiger partial charge in [-0.15, -0.1) is 11.3 Å². The van der Waals surface area contributed by atoms with Gasteiger partial charge in [0.25, 0.3) is 0 Å². The summed E-state index contributed by atoms with van der Waals surface area (Å²) >= 11 is 1.68. The van der Waals surface area contributed by atoms with E-state index in [4.69, 9.17) is 4.74 Å². The van der Waals surface area contributed by atoms with Crippen LogP contribution < -0.4 is 5.32 Å². The predicted molar refractivity (Wildman–Crippen MR) is 83.7 cm³/mol. The van der Waals surface area contributed by atoms with Gasteiger partial charge < -0.3 is 10.1 Å². The quantitative estimate of drug-likeness (QED) is 0.857. The van der Waals surface area contributed by atoms with Gasteiger partial charge in [0.1, 0.15) is 0 Å². The van der Waals surface area contributed by atoms with E-state index in [0.717, 1.165) is 32.5 Å². The van der Waals surface area contributed by atoms with Crippen LogP contribution in [0.4, 0.5) is 4.79 Å². The molecular formula is C15H21N3O3S. The maximum Gasteiger partial charge on any atom is 0.324 e. The molecule has 2 aliphatic heterocycles. The van der Waals surface area contributed by atoms with Crippen LogP contribution in [0.15, 0.2) is 17.5 Å². The van der Waals surface area contributed by atoms with Crippen LogP contribution in [0.1, 0.15) is 17.7 Å². The third-order valence-corrected chi connectivity index (χ3v) is 4.82. The first-order valence-electron chi connectivity index (χ1n) is 7.67. The van der Waals surface area contributed by atoms with Crippen molar-refractivity contribution < 1.29 is 14.3 Å². The number of rotatable bonds is 6. The van der Waals surface area contributed by atoms with Crippen LogP contribution in [0.3, 0.4) is 0 Å². The van der Waals surface area contributed by atoms with E-state index in [-0.39, 0.29) is 24.6 Å². The number of hydrogen-bond acceptors (Lipinski definition) is 5. The summed E-state index contributed by atoms with van der Waals surface area (Å²) in [5.74, 6) is -0.135. The summed E-state index contributed by atoms with van der Waals surface area (Å²) in [4.78, 5) is 28.6. The lowest BCUT2D eigenvalue weighted by atomic mass is 10.2. The summed E-state index contributed by atoms with van der Waals surface area (Å²) in [7, 11) is 0.